The summed E-state index contributed by atoms with van der Waals surface area (Å²) in [6.07, 6.45) is 1.61. The summed E-state index contributed by atoms with van der Waals surface area (Å²) in [7, 11) is 0. The fourth-order valence-corrected chi connectivity index (χ4v) is 2.94. The third-order valence-corrected chi connectivity index (χ3v) is 4.34. The predicted molar refractivity (Wildman–Crippen MR) is 98.5 cm³/mol. The number of amides is 3. The lowest BCUT2D eigenvalue weighted by molar-refractivity contribution is 0.0652. The Kier molecular flexibility index (Phi) is 5.53. The average molecular weight is 392 g/mol. The van der Waals surface area contributed by atoms with E-state index in [-0.39, 0.29) is 13.3 Å². The number of hydrogen-bond acceptors (Lipinski definition) is 3. The van der Waals surface area contributed by atoms with Gasteiger partial charge in [0, 0.05) is 17.3 Å². The molecular weight excluding hydrogens is 376 g/mol. The highest BCUT2D eigenvalue weighted by Crippen LogP contribution is 2.24. The van der Waals surface area contributed by atoms with Gasteiger partial charge in [-0.25, -0.2) is 18.5 Å². The molecule has 5 nitrogen and oxygen atoms in total. The molecule has 0 aromatic heterocycles. The number of carbonyl (C=O) groups excluding carboxylic acids is 2. The predicted octanol–water partition coefficient (Wildman–Crippen LogP) is 4.10. The Hall–Kier alpha value is -2.77. The van der Waals surface area contributed by atoms with Gasteiger partial charge in [-0.3, -0.25) is 14.6 Å². The third-order valence-electron chi connectivity index (χ3n) is 4.09. The second kappa shape index (κ2) is 7.85. The van der Waals surface area contributed by atoms with Crippen LogP contribution in [0, 0.1) is 11.6 Å². The van der Waals surface area contributed by atoms with Crippen LogP contribution in [0.25, 0.3) is 0 Å². The smallest absolute Gasteiger partial charge is 0.280 e. The topological polar surface area (TPSA) is 43.9 Å². The van der Waals surface area contributed by atoms with Crippen LogP contribution in [-0.4, -0.2) is 41.6 Å². The molecule has 1 fully saturated rings. The molecule has 0 aliphatic carbocycles. The van der Waals surface area contributed by atoms with Gasteiger partial charge in [-0.05, 0) is 36.4 Å². The molecule has 8 heteroatoms. The van der Waals surface area contributed by atoms with Gasteiger partial charge in [-0.1, -0.05) is 23.7 Å². The number of halogens is 3. The van der Waals surface area contributed by atoms with Crippen molar-refractivity contribution in [2.75, 3.05) is 24.8 Å². The lowest BCUT2D eigenvalue weighted by atomic mass is 10.1. The first-order valence-electron chi connectivity index (χ1n) is 8.08. The molecule has 0 N–H and O–H groups in total. The Morgan fingerprint density at radius 2 is 1.74 bits per heavy atom. The zero-order chi connectivity index (χ0) is 19.6. The molecule has 2 aromatic rings. The van der Waals surface area contributed by atoms with Crippen LogP contribution in [0.1, 0.15) is 10.4 Å². The maximum atomic E-state index is 14.0. The van der Waals surface area contributed by atoms with Crippen molar-refractivity contribution >= 4 is 29.2 Å². The van der Waals surface area contributed by atoms with E-state index in [1.807, 2.05) is 0 Å². The van der Waals surface area contributed by atoms with Crippen LogP contribution in [0.5, 0.6) is 0 Å². The van der Waals surface area contributed by atoms with E-state index in [4.69, 9.17) is 11.6 Å². The van der Waals surface area contributed by atoms with E-state index < -0.39 is 29.1 Å². The summed E-state index contributed by atoms with van der Waals surface area (Å²) in [6, 6.07) is 8.91. The second-order valence-corrected chi connectivity index (χ2v) is 6.38. The summed E-state index contributed by atoms with van der Waals surface area (Å²) in [5, 5.41) is 0.493. The molecule has 27 heavy (non-hydrogen) atoms. The zero-order valence-corrected chi connectivity index (χ0v) is 15.0. The van der Waals surface area contributed by atoms with Crippen LogP contribution in [0.3, 0.4) is 0 Å². The van der Waals surface area contributed by atoms with Gasteiger partial charge < -0.3 is 0 Å². The normalized spacial score (nSPS) is 15.1. The van der Waals surface area contributed by atoms with E-state index in [0.717, 1.165) is 23.1 Å². The fourth-order valence-electron chi connectivity index (χ4n) is 2.81. The van der Waals surface area contributed by atoms with Crippen LogP contribution >= 0.6 is 11.6 Å². The van der Waals surface area contributed by atoms with Gasteiger partial charge in [0.05, 0.1) is 13.3 Å². The van der Waals surface area contributed by atoms with Gasteiger partial charge in [-0.15, -0.1) is 6.58 Å². The highest BCUT2D eigenvalue weighted by atomic mass is 35.5. The number of urea groups is 1. The first-order chi connectivity index (χ1) is 12.9. The van der Waals surface area contributed by atoms with E-state index in [9.17, 15) is 18.4 Å². The Labute approximate surface area is 160 Å². The van der Waals surface area contributed by atoms with Gasteiger partial charge in [0.15, 0.2) is 0 Å². The average Bonchev–Trinajstić information content (AvgIpc) is 2.64. The van der Waals surface area contributed by atoms with Crippen molar-refractivity contribution in [2.45, 2.75) is 0 Å². The van der Waals surface area contributed by atoms with E-state index in [1.54, 1.807) is 35.2 Å². The van der Waals surface area contributed by atoms with Crippen molar-refractivity contribution in [2.24, 2.45) is 0 Å². The minimum Gasteiger partial charge on any atom is -0.280 e. The largest absolute Gasteiger partial charge is 0.333 e. The molecule has 0 atom stereocenters. The molecule has 2 aromatic carbocycles. The highest BCUT2D eigenvalue weighted by molar-refractivity contribution is 6.30. The quantitative estimate of drug-likeness (QED) is 0.737. The Bertz CT molecular complexity index is 869. The Balaban J connectivity index is 1.98. The molecule has 140 valence electrons. The number of rotatable bonds is 4. The lowest BCUT2D eigenvalue weighted by Gasteiger charge is -2.40. The fraction of sp³-hybridized carbons (Fsp3) is 0.158. The maximum Gasteiger partial charge on any atom is 0.333 e. The lowest BCUT2D eigenvalue weighted by Crippen LogP contribution is -2.60. The van der Waals surface area contributed by atoms with E-state index in [1.165, 1.54) is 4.90 Å². The molecule has 0 spiro atoms. The summed E-state index contributed by atoms with van der Waals surface area (Å²) in [4.78, 5) is 29.5. The van der Waals surface area contributed by atoms with Crippen LogP contribution in [0.2, 0.25) is 5.02 Å². The third kappa shape index (κ3) is 3.84. The van der Waals surface area contributed by atoms with Crippen LogP contribution in [0.4, 0.5) is 19.3 Å². The molecule has 0 saturated carbocycles. The zero-order valence-electron chi connectivity index (χ0n) is 14.2. The number of anilines is 1. The Morgan fingerprint density at radius 1 is 1.11 bits per heavy atom. The van der Waals surface area contributed by atoms with Gasteiger partial charge in [0.2, 0.25) is 0 Å². The standard InChI is InChI=1S/C19H16ClF2N3O2/c1-2-10-23-11-24(14-8-6-13(20)7-9-14)19(27)25(12-23)18(26)17-15(21)4-3-5-16(17)22/h2-9H,1,10-12H2. The maximum absolute atomic E-state index is 14.0. The number of benzene rings is 2. The first kappa shape index (κ1) is 19.0. The minimum absolute atomic E-state index is 0.110. The molecular formula is C19H16ClF2N3O2. The molecule has 0 unspecified atom stereocenters. The van der Waals surface area contributed by atoms with E-state index in [2.05, 4.69) is 6.58 Å². The number of hydrogen-bond donors (Lipinski definition) is 0. The molecule has 1 aliphatic rings. The van der Waals surface area contributed by atoms with Crippen molar-refractivity contribution in [1.82, 2.24) is 9.80 Å². The highest BCUT2D eigenvalue weighted by Gasteiger charge is 2.37. The van der Waals surface area contributed by atoms with Gasteiger partial charge in [-0.2, -0.15) is 0 Å². The molecule has 3 amide bonds. The molecule has 1 saturated heterocycles. The number of carbonyl (C=O) groups is 2. The summed E-state index contributed by atoms with van der Waals surface area (Å²) < 4.78 is 28.1. The molecule has 0 radical (unpaired) electrons. The molecule has 1 aliphatic heterocycles. The van der Waals surface area contributed by atoms with Gasteiger partial charge in [0.1, 0.15) is 17.2 Å². The van der Waals surface area contributed by atoms with Crippen molar-refractivity contribution in [3.05, 3.63) is 77.3 Å². The minimum atomic E-state index is -1.04. The summed E-state index contributed by atoms with van der Waals surface area (Å²) in [5.41, 5.74) is -0.257. The van der Waals surface area contributed by atoms with Gasteiger partial charge in [0.25, 0.3) is 5.91 Å². The monoisotopic (exact) mass is 391 g/mol. The number of nitrogens with zero attached hydrogens (tertiary/aromatic N) is 3. The Morgan fingerprint density at radius 3 is 2.33 bits per heavy atom. The first-order valence-corrected chi connectivity index (χ1v) is 8.46. The summed E-state index contributed by atoms with van der Waals surface area (Å²) in [5.74, 6) is -3.08. The van der Waals surface area contributed by atoms with Crippen molar-refractivity contribution < 1.29 is 18.4 Å². The van der Waals surface area contributed by atoms with Crippen LogP contribution < -0.4 is 4.90 Å². The van der Waals surface area contributed by atoms with Gasteiger partial charge >= 0.3 is 6.03 Å². The molecule has 0 bridgehead atoms. The van der Waals surface area contributed by atoms with Crippen molar-refractivity contribution in [3.63, 3.8) is 0 Å². The van der Waals surface area contributed by atoms with E-state index >= 15 is 0 Å². The number of imide groups is 1. The van der Waals surface area contributed by atoms with E-state index in [0.29, 0.717) is 17.3 Å². The SMILES string of the molecule is C=CCN1CN(C(=O)c2c(F)cccc2F)C(=O)N(c2ccc(Cl)cc2)C1. The summed E-state index contributed by atoms with van der Waals surface area (Å²) in [6.45, 7) is 4.11. The van der Waals surface area contributed by atoms with Crippen LogP contribution in [-0.2, 0) is 0 Å². The van der Waals surface area contributed by atoms with Crippen LogP contribution in [0.15, 0.2) is 55.1 Å². The van der Waals surface area contributed by atoms with Crippen molar-refractivity contribution in [3.8, 4) is 0 Å². The van der Waals surface area contributed by atoms with Crippen molar-refractivity contribution in [1.29, 1.82) is 0 Å². The second-order valence-electron chi connectivity index (χ2n) is 5.94. The summed E-state index contributed by atoms with van der Waals surface area (Å²) >= 11 is 5.88. The molecule has 3 rings (SSSR count). The molecule has 1 heterocycles.